The molecule has 0 amide bonds. The second-order valence-corrected chi connectivity index (χ2v) is 5.76. The lowest BCUT2D eigenvalue weighted by Crippen LogP contribution is -2.18. The number of thiazole rings is 1. The van der Waals surface area contributed by atoms with Gasteiger partial charge in [0.05, 0.1) is 12.8 Å². The zero-order valence-electron chi connectivity index (χ0n) is 12.4. The van der Waals surface area contributed by atoms with Crippen molar-refractivity contribution >= 4 is 11.3 Å². The summed E-state index contributed by atoms with van der Waals surface area (Å²) in [5.41, 5.74) is 2.13. The zero-order chi connectivity index (χ0) is 14.5. The monoisotopic (exact) mass is 291 g/mol. The Bertz CT molecular complexity index is 551. The zero-order valence-corrected chi connectivity index (χ0v) is 13.3. The van der Waals surface area contributed by atoms with Crippen LogP contribution in [0.3, 0.4) is 0 Å². The van der Waals surface area contributed by atoms with Crippen molar-refractivity contribution in [3.8, 4) is 16.5 Å². The molecule has 0 saturated carbocycles. The van der Waals surface area contributed by atoms with Crippen molar-refractivity contribution in [3.05, 3.63) is 28.9 Å². The Morgan fingerprint density at radius 3 is 2.80 bits per heavy atom. The van der Waals surface area contributed by atoms with E-state index in [9.17, 15) is 0 Å². The smallest absolute Gasteiger partial charge is 0.212 e. The van der Waals surface area contributed by atoms with Crippen LogP contribution in [0.15, 0.2) is 18.3 Å². The Morgan fingerprint density at radius 1 is 1.40 bits per heavy atom. The average molecular weight is 291 g/mol. The molecule has 0 aliphatic heterocycles. The lowest BCUT2D eigenvalue weighted by molar-refractivity contribution is 0.398. The van der Waals surface area contributed by atoms with Crippen molar-refractivity contribution in [2.24, 2.45) is 0 Å². The van der Waals surface area contributed by atoms with Crippen LogP contribution < -0.4 is 10.1 Å². The van der Waals surface area contributed by atoms with Crippen molar-refractivity contribution in [1.29, 1.82) is 0 Å². The highest BCUT2D eigenvalue weighted by Crippen LogP contribution is 2.31. The number of pyridine rings is 1. The minimum absolute atomic E-state index is 0.340. The minimum Gasteiger partial charge on any atom is -0.481 e. The van der Waals surface area contributed by atoms with E-state index in [0.29, 0.717) is 11.9 Å². The molecule has 0 bridgehead atoms. The fraction of sp³-hybridized carbons (Fsp3) is 0.467. The second kappa shape index (κ2) is 6.81. The highest BCUT2D eigenvalue weighted by Gasteiger charge is 2.14. The van der Waals surface area contributed by atoms with Crippen molar-refractivity contribution < 1.29 is 4.74 Å². The van der Waals surface area contributed by atoms with Crippen LogP contribution in [-0.2, 0) is 0 Å². The number of nitrogens with zero attached hydrogens (tertiary/aromatic N) is 2. The third-order valence-corrected chi connectivity index (χ3v) is 4.51. The Morgan fingerprint density at radius 2 is 2.20 bits per heavy atom. The predicted molar refractivity (Wildman–Crippen MR) is 83.3 cm³/mol. The second-order valence-electron chi connectivity index (χ2n) is 4.73. The van der Waals surface area contributed by atoms with E-state index < -0.39 is 0 Å². The van der Waals surface area contributed by atoms with Gasteiger partial charge in [-0.3, -0.25) is 0 Å². The molecule has 4 nitrogen and oxygen atoms in total. The summed E-state index contributed by atoms with van der Waals surface area (Å²) in [6.07, 6.45) is 2.95. The van der Waals surface area contributed by atoms with Crippen LogP contribution >= 0.6 is 11.3 Å². The van der Waals surface area contributed by atoms with Crippen LogP contribution in [0.2, 0.25) is 0 Å². The van der Waals surface area contributed by atoms with Gasteiger partial charge in [-0.25, -0.2) is 9.97 Å². The summed E-state index contributed by atoms with van der Waals surface area (Å²) in [5.74, 6) is 0.625. The molecule has 0 saturated heterocycles. The van der Waals surface area contributed by atoms with E-state index in [1.165, 1.54) is 4.88 Å². The SMILES string of the molecule is CCCNC(C)c1sc(-c2ccc(OC)nc2)nc1C. The molecule has 0 aromatic carbocycles. The standard InChI is InChI=1S/C15H21N3OS/c1-5-8-16-10(2)14-11(3)18-15(20-14)12-6-7-13(19-4)17-9-12/h6-7,9-10,16H,5,8H2,1-4H3. The number of rotatable bonds is 6. The quantitative estimate of drug-likeness (QED) is 0.883. The van der Waals surface area contributed by atoms with Gasteiger partial charge in [-0.15, -0.1) is 11.3 Å². The van der Waals surface area contributed by atoms with Crippen LogP contribution in [-0.4, -0.2) is 23.6 Å². The van der Waals surface area contributed by atoms with E-state index in [0.717, 1.165) is 29.2 Å². The molecule has 0 spiro atoms. The maximum absolute atomic E-state index is 5.08. The Hall–Kier alpha value is -1.46. The normalized spacial score (nSPS) is 12.4. The number of nitrogens with one attached hydrogen (secondary N) is 1. The molecule has 2 heterocycles. The van der Waals surface area contributed by atoms with E-state index in [-0.39, 0.29) is 0 Å². The highest BCUT2D eigenvalue weighted by molar-refractivity contribution is 7.15. The van der Waals surface area contributed by atoms with Gasteiger partial charge in [0, 0.05) is 28.7 Å². The molecule has 108 valence electrons. The first-order valence-corrected chi connectivity index (χ1v) is 7.68. The minimum atomic E-state index is 0.340. The molecule has 1 unspecified atom stereocenters. The summed E-state index contributed by atoms with van der Waals surface area (Å²) in [6.45, 7) is 7.45. The van der Waals surface area contributed by atoms with Gasteiger partial charge < -0.3 is 10.1 Å². The third-order valence-electron chi connectivity index (χ3n) is 3.12. The van der Waals surface area contributed by atoms with Crippen LogP contribution in [0.4, 0.5) is 0 Å². The Balaban J connectivity index is 2.21. The lowest BCUT2D eigenvalue weighted by atomic mass is 10.2. The Kier molecular flexibility index (Phi) is 5.09. The summed E-state index contributed by atoms with van der Waals surface area (Å²) in [4.78, 5) is 10.2. The average Bonchev–Trinajstić information content (AvgIpc) is 2.87. The van der Waals surface area contributed by atoms with Gasteiger partial charge >= 0.3 is 0 Å². The summed E-state index contributed by atoms with van der Waals surface area (Å²) in [7, 11) is 1.62. The van der Waals surface area contributed by atoms with Gasteiger partial charge in [0.25, 0.3) is 0 Å². The molecule has 0 radical (unpaired) electrons. The van der Waals surface area contributed by atoms with Crippen molar-refractivity contribution in [2.45, 2.75) is 33.2 Å². The largest absolute Gasteiger partial charge is 0.481 e. The molecule has 2 rings (SSSR count). The van der Waals surface area contributed by atoms with Crippen LogP contribution in [0.5, 0.6) is 5.88 Å². The Labute approximate surface area is 124 Å². The molecule has 1 N–H and O–H groups in total. The molecule has 20 heavy (non-hydrogen) atoms. The van der Waals surface area contributed by atoms with Crippen molar-refractivity contribution in [3.63, 3.8) is 0 Å². The molecule has 0 aliphatic rings. The van der Waals surface area contributed by atoms with Gasteiger partial charge in [0.1, 0.15) is 5.01 Å². The summed E-state index contributed by atoms with van der Waals surface area (Å²) in [5, 5.41) is 4.52. The predicted octanol–water partition coefficient (Wildman–Crippen LogP) is 3.58. The van der Waals surface area contributed by atoms with E-state index in [1.54, 1.807) is 18.4 Å². The van der Waals surface area contributed by atoms with Gasteiger partial charge in [-0.2, -0.15) is 0 Å². The van der Waals surface area contributed by atoms with Crippen molar-refractivity contribution in [1.82, 2.24) is 15.3 Å². The molecule has 1 atom stereocenters. The molecule has 2 aromatic rings. The maximum atomic E-state index is 5.08. The summed E-state index contributed by atoms with van der Waals surface area (Å²) in [6, 6.07) is 4.20. The van der Waals surface area contributed by atoms with Gasteiger partial charge in [-0.1, -0.05) is 6.92 Å². The van der Waals surface area contributed by atoms with E-state index in [4.69, 9.17) is 4.74 Å². The number of ether oxygens (including phenoxy) is 1. The molecule has 0 fully saturated rings. The first-order chi connectivity index (χ1) is 9.65. The number of aromatic nitrogens is 2. The van der Waals surface area contributed by atoms with Crippen molar-refractivity contribution in [2.75, 3.05) is 13.7 Å². The first-order valence-electron chi connectivity index (χ1n) is 6.86. The molecular formula is C15H21N3OS. The third kappa shape index (κ3) is 3.35. The fourth-order valence-corrected chi connectivity index (χ4v) is 3.10. The van der Waals surface area contributed by atoms with Gasteiger partial charge in [0.15, 0.2) is 0 Å². The number of methoxy groups -OCH3 is 1. The topological polar surface area (TPSA) is 47.0 Å². The molecule has 5 heteroatoms. The van der Waals surface area contributed by atoms with Crippen LogP contribution in [0.25, 0.3) is 10.6 Å². The maximum Gasteiger partial charge on any atom is 0.212 e. The molecule has 2 aromatic heterocycles. The highest BCUT2D eigenvalue weighted by atomic mass is 32.1. The summed E-state index contributed by atoms with van der Waals surface area (Å²) >= 11 is 1.73. The number of aryl methyl sites for hydroxylation is 1. The fourth-order valence-electron chi connectivity index (χ4n) is 2.01. The first kappa shape index (κ1) is 14.9. The summed E-state index contributed by atoms with van der Waals surface area (Å²) < 4.78 is 5.08. The lowest BCUT2D eigenvalue weighted by Gasteiger charge is -2.11. The van der Waals surface area contributed by atoms with Gasteiger partial charge in [0.2, 0.25) is 5.88 Å². The molecule has 0 aliphatic carbocycles. The number of hydrogen-bond donors (Lipinski definition) is 1. The van der Waals surface area contributed by atoms with E-state index >= 15 is 0 Å². The molecular weight excluding hydrogens is 270 g/mol. The number of hydrogen-bond acceptors (Lipinski definition) is 5. The van der Waals surface area contributed by atoms with E-state index in [2.05, 4.69) is 36.1 Å². The van der Waals surface area contributed by atoms with E-state index in [1.807, 2.05) is 18.3 Å². The van der Waals surface area contributed by atoms with Crippen LogP contribution in [0, 0.1) is 6.92 Å². The van der Waals surface area contributed by atoms with Gasteiger partial charge in [-0.05, 0) is 32.9 Å². The van der Waals surface area contributed by atoms with Crippen LogP contribution in [0.1, 0.15) is 36.9 Å².